The van der Waals surface area contributed by atoms with Gasteiger partial charge in [-0.15, -0.1) is 30.7 Å². The highest BCUT2D eigenvalue weighted by molar-refractivity contribution is 7.19. The summed E-state index contributed by atoms with van der Waals surface area (Å²) in [5, 5.41) is 37.6. The van der Waals surface area contributed by atoms with Crippen molar-refractivity contribution in [2.24, 2.45) is 30.7 Å². The van der Waals surface area contributed by atoms with Crippen molar-refractivity contribution in [3.8, 4) is 0 Å². The number of benzene rings is 2. The molecule has 36 heavy (non-hydrogen) atoms. The molecule has 9 nitrogen and oxygen atoms in total. The van der Waals surface area contributed by atoms with E-state index in [9.17, 15) is 0 Å². The Bertz CT molecular complexity index is 1450. The molecule has 1 aliphatic rings. The van der Waals surface area contributed by atoms with E-state index in [1.165, 1.54) is 29.2 Å². The van der Waals surface area contributed by atoms with Crippen molar-refractivity contribution < 1.29 is 0 Å². The maximum Gasteiger partial charge on any atom is 0.251 e. The van der Waals surface area contributed by atoms with Crippen LogP contribution in [0.15, 0.2) is 79.2 Å². The van der Waals surface area contributed by atoms with Crippen LogP contribution in [0.2, 0.25) is 0 Å². The number of aromatic nitrogens is 2. The minimum absolute atomic E-state index is 0.538. The van der Waals surface area contributed by atoms with Gasteiger partial charge < -0.3 is 4.90 Å². The molecule has 3 heterocycles. The first-order chi connectivity index (χ1) is 17.5. The third-order valence-electron chi connectivity index (χ3n) is 5.65. The predicted molar refractivity (Wildman–Crippen MR) is 145 cm³/mol. The van der Waals surface area contributed by atoms with E-state index in [2.05, 4.69) is 51.8 Å². The molecule has 0 amide bonds. The van der Waals surface area contributed by atoms with Crippen molar-refractivity contribution >= 4 is 60.6 Å². The van der Waals surface area contributed by atoms with E-state index in [0.717, 1.165) is 57.0 Å². The van der Waals surface area contributed by atoms with Crippen molar-refractivity contribution in [3.63, 3.8) is 0 Å². The smallest absolute Gasteiger partial charge is 0.251 e. The highest BCUT2D eigenvalue weighted by atomic mass is 32.1. The Hall–Kier alpha value is -3.70. The van der Waals surface area contributed by atoms with Gasteiger partial charge in [0.25, 0.3) is 5.13 Å². The normalized spacial score (nSPS) is 14.2. The van der Waals surface area contributed by atoms with Crippen LogP contribution in [-0.2, 0) is 0 Å². The van der Waals surface area contributed by atoms with Crippen molar-refractivity contribution in [3.05, 3.63) is 64.7 Å². The summed E-state index contributed by atoms with van der Waals surface area (Å²) in [7, 11) is 0. The molecule has 2 aromatic heterocycles. The molecule has 4 aromatic rings. The molecular weight excluding hydrogens is 490 g/mol. The van der Waals surface area contributed by atoms with E-state index in [1.54, 1.807) is 11.3 Å². The number of azo groups is 3. The van der Waals surface area contributed by atoms with Crippen molar-refractivity contribution in [1.29, 1.82) is 0 Å². The van der Waals surface area contributed by atoms with E-state index in [0.29, 0.717) is 5.13 Å². The first-order valence-electron chi connectivity index (χ1n) is 11.6. The molecule has 0 N–H and O–H groups in total. The van der Waals surface area contributed by atoms with Gasteiger partial charge in [-0.3, -0.25) is 0 Å². The van der Waals surface area contributed by atoms with Gasteiger partial charge in [-0.25, -0.2) is 0 Å². The predicted octanol–water partition coefficient (Wildman–Crippen LogP) is 9.37. The van der Waals surface area contributed by atoms with Crippen molar-refractivity contribution in [2.75, 3.05) is 18.0 Å². The highest BCUT2D eigenvalue weighted by Gasteiger charge is 2.14. The molecule has 0 spiro atoms. The van der Waals surface area contributed by atoms with Crippen molar-refractivity contribution in [2.45, 2.75) is 33.6 Å². The number of hydrogen-bond donors (Lipinski definition) is 0. The van der Waals surface area contributed by atoms with Gasteiger partial charge in [0.1, 0.15) is 10.0 Å². The lowest BCUT2D eigenvalue weighted by molar-refractivity contribution is 0.949. The molecule has 0 unspecified atom stereocenters. The third-order valence-corrected chi connectivity index (χ3v) is 7.41. The highest BCUT2D eigenvalue weighted by Crippen LogP contribution is 2.35. The molecule has 11 heteroatoms. The molecule has 0 aliphatic carbocycles. The lowest BCUT2D eigenvalue weighted by atomic mass is 10.2. The van der Waals surface area contributed by atoms with Crippen LogP contribution in [0.25, 0.3) is 0 Å². The van der Waals surface area contributed by atoms with Gasteiger partial charge >= 0.3 is 0 Å². The average Bonchev–Trinajstić information content (AvgIpc) is 3.64. The first-order valence-corrected chi connectivity index (χ1v) is 13.3. The van der Waals surface area contributed by atoms with Gasteiger partial charge in [0.15, 0.2) is 0 Å². The van der Waals surface area contributed by atoms with Crippen LogP contribution in [0.1, 0.15) is 29.0 Å². The quantitative estimate of drug-likeness (QED) is 0.229. The number of hydrogen-bond acceptors (Lipinski definition) is 11. The second kappa shape index (κ2) is 10.9. The second-order valence-electron chi connectivity index (χ2n) is 8.45. The number of anilines is 1. The fourth-order valence-corrected chi connectivity index (χ4v) is 5.14. The van der Waals surface area contributed by atoms with E-state index in [1.807, 2.05) is 63.2 Å². The summed E-state index contributed by atoms with van der Waals surface area (Å²) < 4.78 is 0. The summed E-state index contributed by atoms with van der Waals surface area (Å²) >= 11 is 3.08. The summed E-state index contributed by atoms with van der Waals surface area (Å²) in [5.74, 6) is 0. The van der Waals surface area contributed by atoms with E-state index >= 15 is 0 Å². The van der Waals surface area contributed by atoms with E-state index in [-0.39, 0.29) is 0 Å². The second-order valence-corrected chi connectivity index (χ2v) is 10.7. The van der Waals surface area contributed by atoms with Gasteiger partial charge in [-0.05, 0) is 93.3 Å². The van der Waals surface area contributed by atoms with Crippen LogP contribution in [0, 0.1) is 20.8 Å². The number of thiophene rings is 1. The molecule has 0 atom stereocenters. The summed E-state index contributed by atoms with van der Waals surface area (Å²) in [6.45, 7) is 8.11. The molecule has 182 valence electrons. The summed E-state index contributed by atoms with van der Waals surface area (Å²) in [4.78, 5) is 2.41. The molecule has 1 fully saturated rings. The minimum Gasteiger partial charge on any atom is -0.363 e. The maximum absolute atomic E-state index is 4.43. The van der Waals surface area contributed by atoms with Crippen LogP contribution in [0.3, 0.4) is 0 Å². The lowest BCUT2D eigenvalue weighted by Gasteiger charge is -2.13. The maximum atomic E-state index is 4.43. The Morgan fingerprint density at radius 2 is 1.31 bits per heavy atom. The molecule has 1 saturated heterocycles. The Morgan fingerprint density at radius 3 is 1.92 bits per heavy atom. The van der Waals surface area contributed by atoms with Gasteiger partial charge in [-0.2, -0.15) is 10.2 Å². The fourth-order valence-electron chi connectivity index (χ4n) is 3.75. The van der Waals surface area contributed by atoms with Gasteiger partial charge in [0.05, 0.1) is 27.8 Å². The topological polar surface area (TPSA) is 103 Å². The molecule has 0 saturated carbocycles. The van der Waals surface area contributed by atoms with Crippen molar-refractivity contribution in [1.82, 2.24) is 10.2 Å². The average molecular weight is 516 g/mol. The Kier molecular flexibility index (Phi) is 7.28. The number of rotatable bonds is 7. The van der Waals surface area contributed by atoms with Gasteiger partial charge in [-0.1, -0.05) is 22.7 Å². The zero-order chi connectivity index (χ0) is 24.9. The summed E-state index contributed by atoms with van der Waals surface area (Å²) in [6, 6.07) is 15.6. The largest absolute Gasteiger partial charge is 0.363 e. The van der Waals surface area contributed by atoms with Crippen LogP contribution in [-0.4, -0.2) is 23.3 Å². The van der Waals surface area contributed by atoms with Crippen LogP contribution in [0.5, 0.6) is 0 Å². The lowest BCUT2D eigenvalue weighted by Crippen LogP contribution is -2.15. The van der Waals surface area contributed by atoms with E-state index < -0.39 is 0 Å². The zero-order valence-corrected chi connectivity index (χ0v) is 21.9. The van der Waals surface area contributed by atoms with Gasteiger partial charge in [0, 0.05) is 13.1 Å². The Morgan fingerprint density at radius 1 is 0.667 bits per heavy atom. The minimum atomic E-state index is 0.538. The monoisotopic (exact) mass is 515 g/mol. The van der Waals surface area contributed by atoms with E-state index in [4.69, 9.17) is 0 Å². The number of nitrogens with zero attached hydrogens (tertiary/aromatic N) is 9. The summed E-state index contributed by atoms with van der Waals surface area (Å²) in [5.41, 5.74) is 5.01. The molecule has 1 aliphatic heterocycles. The zero-order valence-electron chi connectivity index (χ0n) is 20.3. The SMILES string of the molecule is Cc1nnc(N=Nc2ccc(N=Nc3ccc(N=Nc4ccc(N5CCCC5)s4)cc3C)cc2C)s1. The fraction of sp³-hybridized carbons (Fsp3) is 0.280. The number of aryl methyl sites for hydroxylation is 3. The first kappa shape index (κ1) is 24.0. The molecule has 2 aromatic carbocycles. The molecular formula is C25H25N9S2. The Labute approximate surface area is 217 Å². The van der Waals surface area contributed by atoms with Crippen LogP contribution >= 0.6 is 22.7 Å². The molecule has 0 radical (unpaired) electrons. The van der Waals surface area contributed by atoms with Crippen LogP contribution in [0.4, 0.5) is 37.9 Å². The third kappa shape index (κ3) is 5.92. The summed E-state index contributed by atoms with van der Waals surface area (Å²) in [6.07, 6.45) is 2.53. The van der Waals surface area contributed by atoms with Gasteiger partial charge in [0.2, 0.25) is 0 Å². The standard InChI is InChI=1S/C25H25N9S2/c1-16-15-20(28-31-23-10-11-24(36-23)34-12-4-5-13-34)7-8-21(16)29-27-19-6-9-22(17(2)14-19)30-33-25-32-26-18(3)35-25/h6-11,14-15H,4-5,12-13H2,1-3H3. The molecule has 5 rings (SSSR count). The Balaban J connectivity index is 1.23. The van der Waals surface area contributed by atoms with Crippen LogP contribution < -0.4 is 4.90 Å². The molecule has 0 bridgehead atoms.